The van der Waals surface area contributed by atoms with Gasteiger partial charge in [0.05, 0.1) is 0 Å². The van der Waals surface area contributed by atoms with Crippen LogP contribution in [-0.4, -0.2) is 11.9 Å². The maximum atomic E-state index is 11.1. The molecule has 3 unspecified atom stereocenters. The molecule has 0 fully saturated rings. The molecule has 2 N–H and O–H groups in total. The molecular formula is C18H30N2O. The summed E-state index contributed by atoms with van der Waals surface area (Å²) in [5, 5.41) is 6.56. The highest BCUT2D eigenvalue weighted by Crippen LogP contribution is 2.20. The third kappa shape index (κ3) is 6.30. The van der Waals surface area contributed by atoms with E-state index < -0.39 is 0 Å². The number of hydrogen-bond donors (Lipinski definition) is 2. The second-order valence-corrected chi connectivity index (χ2v) is 6.05. The van der Waals surface area contributed by atoms with Crippen LogP contribution in [0.3, 0.4) is 0 Å². The van der Waals surface area contributed by atoms with Gasteiger partial charge in [-0.25, -0.2) is 0 Å². The van der Waals surface area contributed by atoms with Gasteiger partial charge in [0.2, 0.25) is 5.91 Å². The molecule has 0 spiro atoms. The third-order valence-corrected chi connectivity index (χ3v) is 4.07. The molecular weight excluding hydrogens is 260 g/mol. The zero-order chi connectivity index (χ0) is 15.8. The molecule has 3 nitrogen and oxygen atoms in total. The van der Waals surface area contributed by atoms with Crippen molar-refractivity contribution in [3.63, 3.8) is 0 Å². The zero-order valence-electron chi connectivity index (χ0n) is 14.1. The first-order valence-corrected chi connectivity index (χ1v) is 8.09. The van der Waals surface area contributed by atoms with Crippen LogP contribution in [0.1, 0.15) is 65.5 Å². The summed E-state index contributed by atoms with van der Waals surface area (Å²) < 4.78 is 0. The summed E-state index contributed by atoms with van der Waals surface area (Å²) in [6.45, 7) is 10.5. The van der Waals surface area contributed by atoms with Crippen LogP contribution in [0.2, 0.25) is 0 Å². The van der Waals surface area contributed by atoms with E-state index in [1.165, 1.54) is 25.3 Å². The lowest BCUT2D eigenvalue weighted by Crippen LogP contribution is -2.32. The Hall–Kier alpha value is -1.35. The molecule has 1 aromatic rings. The molecule has 1 rings (SSSR count). The van der Waals surface area contributed by atoms with Crippen LogP contribution in [-0.2, 0) is 4.79 Å². The molecule has 3 heteroatoms. The summed E-state index contributed by atoms with van der Waals surface area (Å²) in [5.74, 6) is 0.719. The first kappa shape index (κ1) is 17.7. The van der Waals surface area contributed by atoms with Crippen molar-refractivity contribution in [3.05, 3.63) is 29.8 Å². The van der Waals surface area contributed by atoms with Gasteiger partial charge in [0, 0.05) is 24.7 Å². The average molecular weight is 290 g/mol. The summed E-state index contributed by atoms with van der Waals surface area (Å²) in [7, 11) is 0. The van der Waals surface area contributed by atoms with Crippen LogP contribution in [0.5, 0.6) is 0 Å². The number of carbonyl (C=O) groups excluding carboxylic acids is 1. The second kappa shape index (κ2) is 8.83. The molecule has 0 heterocycles. The number of rotatable bonds is 8. The highest BCUT2D eigenvalue weighted by Gasteiger charge is 2.14. The fraction of sp³-hybridized carbons (Fsp3) is 0.611. The van der Waals surface area contributed by atoms with Crippen molar-refractivity contribution in [3.8, 4) is 0 Å². The van der Waals surface area contributed by atoms with Gasteiger partial charge in [-0.1, -0.05) is 39.3 Å². The Morgan fingerprint density at radius 2 is 1.90 bits per heavy atom. The molecule has 0 aliphatic carbocycles. The standard InChI is InChI=1S/C18H30N2O/c1-6-13(3)11-17(7-2)19-14(4)16-9-8-10-18(12-16)20-15(5)21/h8-10,12-14,17,19H,6-7,11H2,1-5H3,(H,20,21). The van der Waals surface area contributed by atoms with Gasteiger partial charge in [0.15, 0.2) is 0 Å². The number of nitrogens with one attached hydrogen (secondary N) is 2. The number of hydrogen-bond acceptors (Lipinski definition) is 2. The van der Waals surface area contributed by atoms with Crippen LogP contribution < -0.4 is 10.6 Å². The van der Waals surface area contributed by atoms with Crippen LogP contribution >= 0.6 is 0 Å². The molecule has 21 heavy (non-hydrogen) atoms. The zero-order valence-corrected chi connectivity index (χ0v) is 14.1. The highest BCUT2D eigenvalue weighted by molar-refractivity contribution is 5.88. The fourth-order valence-electron chi connectivity index (χ4n) is 2.54. The number of anilines is 1. The van der Waals surface area contributed by atoms with Gasteiger partial charge < -0.3 is 10.6 Å². The molecule has 0 saturated carbocycles. The van der Waals surface area contributed by atoms with Crippen molar-refractivity contribution in [2.24, 2.45) is 5.92 Å². The van der Waals surface area contributed by atoms with Gasteiger partial charge >= 0.3 is 0 Å². The van der Waals surface area contributed by atoms with E-state index in [2.05, 4.69) is 50.5 Å². The molecule has 0 aliphatic rings. The van der Waals surface area contributed by atoms with E-state index in [4.69, 9.17) is 0 Å². The number of benzene rings is 1. The topological polar surface area (TPSA) is 41.1 Å². The molecule has 0 aromatic heterocycles. The summed E-state index contributed by atoms with van der Waals surface area (Å²) in [6.07, 6.45) is 3.58. The Balaban J connectivity index is 2.69. The van der Waals surface area contributed by atoms with Crippen molar-refractivity contribution < 1.29 is 4.79 Å². The van der Waals surface area contributed by atoms with E-state index in [1.54, 1.807) is 0 Å². The van der Waals surface area contributed by atoms with Crippen LogP contribution in [0.4, 0.5) is 5.69 Å². The summed E-state index contributed by atoms with van der Waals surface area (Å²) in [6, 6.07) is 8.91. The molecule has 0 saturated heterocycles. The Morgan fingerprint density at radius 1 is 1.19 bits per heavy atom. The van der Waals surface area contributed by atoms with E-state index in [9.17, 15) is 4.79 Å². The van der Waals surface area contributed by atoms with Gasteiger partial charge in [0.25, 0.3) is 0 Å². The summed E-state index contributed by atoms with van der Waals surface area (Å²) in [4.78, 5) is 11.1. The molecule has 118 valence electrons. The molecule has 0 radical (unpaired) electrons. The van der Waals surface area contributed by atoms with E-state index in [-0.39, 0.29) is 11.9 Å². The second-order valence-electron chi connectivity index (χ2n) is 6.05. The van der Waals surface area contributed by atoms with Crippen molar-refractivity contribution in [1.29, 1.82) is 0 Å². The van der Waals surface area contributed by atoms with Gasteiger partial charge in [-0.15, -0.1) is 0 Å². The Morgan fingerprint density at radius 3 is 2.48 bits per heavy atom. The third-order valence-electron chi connectivity index (χ3n) is 4.07. The van der Waals surface area contributed by atoms with Crippen molar-refractivity contribution in [2.45, 2.75) is 66.0 Å². The lowest BCUT2D eigenvalue weighted by atomic mass is 9.96. The number of amides is 1. The quantitative estimate of drug-likeness (QED) is 0.739. The maximum Gasteiger partial charge on any atom is 0.221 e. The van der Waals surface area contributed by atoms with Crippen molar-refractivity contribution >= 4 is 11.6 Å². The monoisotopic (exact) mass is 290 g/mol. The van der Waals surface area contributed by atoms with Gasteiger partial charge in [-0.3, -0.25) is 4.79 Å². The lowest BCUT2D eigenvalue weighted by Gasteiger charge is -2.25. The van der Waals surface area contributed by atoms with Crippen LogP contribution in [0, 0.1) is 5.92 Å². The molecule has 3 atom stereocenters. The maximum absolute atomic E-state index is 11.1. The smallest absolute Gasteiger partial charge is 0.221 e. The Labute approximate surface area is 129 Å². The van der Waals surface area contributed by atoms with Crippen molar-refractivity contribution in [2.75, 3.05) is 5.32 Å². The van der Waals surface area contributed by atoms with Crippen LogP contribution in [0.15, 0.2) is 24.3 Å². The number of carbonyl (C=O) groups is 1. The largest absolute Gasteiger partial charge is 0.326 e. The molecule has 0 bridgehead atoms. The van der Waals surface area contributed by atoms with Gasteiger partial charge in [-0.05, 0) is 43.4 Å². The minimum atomic E-state index is -0.0315. The minimum Gasteiger partial charge on any atom is -0.326 e. The van der Waals surface area contributed by atoms with E-state index in [0.29, 0.717) is 6.04 Å². The average Bonchev–Trinajstić information content (AvgIpc) is 2.45. The Kier molecular flexibility index (Phi) is 7.44. The summed E-state index contributed by atoms with van der Waals surface area (Å²) in [5.41, 5.74) is 2.08. The lowest BCUT2D eigenvalue weighted by molar-refractivity contribution is -0.114. The van der Waals surface area contributed by atoms with Crippen molar-refractivity contribution in [1.82, 2.24) is 5.32 Å². The SMILES string of the molecule is CCC(C)CC(CC)NC(C)c1cccc(NC(C)=O)c1. The first-order valence-electron chi connectivity index (χ1n) is 8.09. The molecule has 1 aromatic carbocycles. The first-order chi connectivity index (χ1) is 9.96. The van der Waals surface area contributed by atoms with Gasteiger partial charge in [0.1, 0.15) is 0 Å². The van der Waals surface area contributed by atoms with E-state index in [1.807, 2.05) is 12.1 Å². The predicted octanol–water partition coefficient (Wildman–Crippen LogP) is 4.51. The van der Waals surface area contributed by atoms with E-state index in [0.717, 1.165) is 18.0 Å². The van der Waals surface area contributed by atoms with Gasteiger partial charge in [-0.2, -0.15) is 0 Å². The molecule has 1 amide bonds. The summed E-state index contributed by atoms with van der Waals surface area (Å²) >= 11 is 0. The fourth-order valence-corrected chi connectivity index (χ4v) is 2.54. The molecule has 0 aliphatic heterocycles. The van der Waals surface area contributed by atoms with Crippen LogP contribution in [0.25, 0.3) is 0 Å². The van der Waals surface area contributed by atoms with E-state index >= 15 is 0 Å². The Bertz CT molecular complexity index is 445. The highest BCUT2D eigenvalue weighted by atomic mass is 16.1. The normalized spacial score (nSPS) is 15.3. The minimum absolute atomic E-state index is 0.0315. The predicted molar refractivity (Wildman–Crippen MR) is 90.4 cm³/mol.